The molecule has 9 heteroatoms. The first-order valence-corrected chi connectivity index (χ1v) is 13.4. The molecule has 1 unspecified atom stereocenters. The van der Waals surface area contributed by atoms with Crippen LogP contribution in [0.1, 0.15) is 71.3 Å². The lowest BCUT2D eigenvalue weighted by Crippen LogP contribution is -2.77. The van der Waals surface area contributed by atoms with Crippen molar-refractivity contribution in [1.82, 2.24) is 25.1 Å². The molecule has 0 radical (unpaired) electrons. The molecule has 2 saturated heterocycles. The number of hydrogen-bond donors (Lipinski definition) is 1. The van der Waals surface area contributed by atoms with E-state index in [1.54, 1.807) is 4.90 Å². The van der Waals surface area contributed by atoms with E-state index in [1.165, 1.54) is 10.0 Å². The molecule has 1 aliphatic carbocycles. The Balaban J connectivity index is 0.00000176. The molecule has 1 aromatic rings. The lowest BCUT2D eigenvalue weighted by Gasteiger charge is -2.55. The van der Waals surface area contributed by atoms with Gasteiger partial charge in [0.25, 0.3) is 0 Å². The van der Waals surface area contributed by atoms with E-state index in [-0.39, 0.29) is 43.5 Å². The summed E-state index contributed by atoms with van der Waals surface area (Å²) in [5, 5.41) is 15.4. The Bertz CT molecular complexity index is 927. The topological polar surface area (TPSA) is 100.0 Å². The summed E-state index contributed by atoms with van der Waals surface area (Å²) < 4.78 is 0. The van der Waals surface area contributed by atoms with Crippen LogP contribution in [-0.4, -0.2) is 75.5 Å². The largest absolute Gasteiger partial charge is 0.334 e. The molecule has 2 heterocycles. The van der Waals surface area contributed by atoms with E-state index in [1.807, 2.05) is 49.1 Å². The second kappa shape index (κ2) is 13.3. The molecule has 3 aliphatic rings. The summed E-state index contributed by atoms with van der Waals surface area (Å²) in [5.41, 5.74) is 0.958. The number of nitrogens with one attached hydrogen (secondary N) is 1. The number of urea groups is 1. The fraction of sp³-hybridized carbons (Fsp3) is 0.630. The number of unbranched alkanes of at least 4 members (excludes halogenated alkanes) is 1. The van der Waals surface area contributed by atoms with Crippen LogP contribution in [0.15, 0.2) is 30.3 Å². The smallest absolute Gasteiger partial charge is 0.334 e. The molecule has 1 aromatic carbocycles. The first kappa shape index (κ1) is 27.5. The molecule has 9 nitrogen and oxygen atoms in total. The van der Waals surface area contributed by atoms with Gasteiger partial charge in [-0.1, -0.05) is 76.8 Å². The van der Waals surface area contributed by atoms with Crippen molar-refractivity contribution < 1.29 is 14.4 Å². The molecule has 3 fully saturated rings. The number of fused-ring (bicyclic) bond motifs is 1. The first-order chi connectivity index (χ1) is 17.5. The van der Waals surface area contributed by atoms with Crippen LogP contribution >= 0.6 is 0 Å². The lowest BCUT2D eigenvalue weighted by atomic mass is 9.99. The van der Waals surface area contributed by atoms with Gasteiger partial charge in [-0.05, 0) is 24.8 Å². The van der Waals surface area contributed by atoms with Gasteiger partial charge in [-0.25, -0.2) is 9.80 Å². The molecule has 0 spiro atoms. The quantitative estimate of drug-likeness (QED) is 0.583. The zero-order valence-electron chi connectivity index (χ0n) is 21.9. The maximum absolute atomic E-state index is 13.6. The highest BCUT2D eigenvalue weighted by Crippen LogP contribution is 2.33. The summed E-state index contributed by atoms with van der Waals surface area (Å²) in [4.78, 5) is 43.8. The van der Waals surface area contributed by atoms with Crippen LogP contribution in [-0.2, 0) is 16.1 Å². The van der Waals surface area contributed by atoms with Crippen LogP contribution in [0, 0.1) is 11.3 Å². The van der Waals surface area contributed by atoms with Gasteiger partial charge < -0.3 is 15.1 Å². The van der Waals surface area contributed by atoms with Crippen LogP contribution in [0.4, 0.5) is 4.79 Å². The van der Waals surface area contributed by atoms with E-state index < -0.39 is 12.2 Å². The normalized spacial score (nSPS) is 22.6. The molecule has 1 saturated carbocycles. The molecule has 1 N–H and O–H groups in total. The summed E-state index contributed by atoms with van der Waals surface area (Å²) in [6.45, 7) is 6.50. The van der Waals surface area contributed by atoms with Gasteiger partial charge in [0, 0.05) is 12.6 Å². The zero-order chi connectivity index (χ0) is 26.1. The van der Waals surface area contributed by atoms with Gasteiger partial charge in [-0.15, -0.1) is 0 Å². The van der Waals surface area contributed by atoms with Gasteiger partial charge in [0.15, 0.2) is 0 Å². The van der Waals surface area contributed by atoms with Gasteiger partial charge in [0.2, 0.25) is 11.8 Å². The number of rotatable bonds is 7. The summed E-state index contributed by atoms with van der Waals surface area (Å²) in [7, 11) is 0. The van der Waals surface area contributed by atoms with Crippen molar-refractivity contribution in [1.29, 1.82) is 5.26 Å². The van der Waals surface area contributed by atoms with Crippen molar-refractivity contribution in [3.63, 3.8) is 0 Å². The third-order valence-corrected chi connectivity index (χ3v) is 7.12. The average Bonchev–Trinajstić information content (AvgIpc) is 3.43. The van der Waals surface area contributed by atoms with E-state index in [0.29, 0.717) is 13.0 Å². The molecule has 4 amide bonds. The Labute approximate surface area is 215 Å². The van der Waals surface area contributed by atoms with Gasteiger partial charge in [0.1, 0.15) is 18.8 Å². The summed E-state index contributed by atoms with van der Waals surface area (Å²) in [5.74, 6) is -0.198. The van der Waals surface area contributed by atoms with Gasteiger partial charge in [-0.3, -0.25) is 9.59 Å². The lowest BCUT2D eigenvalue weighted by molar-refractivity contribution is -0.191. The van der Waals surface area contributed by atoms with E-state index >= 15 is 0 Å². The Morgan fingerprint density at radius 3 is 2.47 bits per heavy atom. The summed E-state index contributed by atoms with van der Waals surface area (Å²) in [6.07, 6.45) is 5.79. The minimum absolute atomic E-state index is 0.00308. The standard InChI is InChI=1S/C25H34N6O3.C2H6/c1-2-3-13-21-24(33)29(20-11-7-8-12-20)17-22-30(21)23(32)18-28(15-14-26)31(22)25(34)27-16-19-9-5-4-6-10-19;1-2/h4-6,9-10,20-22H,2-3,7-8,11-13,15-18H2,1H3,(H,27,34);1-2H3/t21-,22?;/m0./s1. The second-order valence-electron chi connectivity index (χ2n) is 9.34. The average molecular weight is 497 g/mol. The summed E-state index contributed by atoms with van der Waals surface area (Å²) >= 11 is 0. The molecular formula is C27H40N6O3. The molecule has 2 aliphatic heterocycles. The third kappa shape index (κ3) is 5.98. The molecule has 196 valence electrons. The highest BCUT2D eigenvalue weighted by molar-refractivity contribution is 5.91. The number of carbonyl (C=O) groups is 3. The van der Waals surface area contributed by atoms with E-state index in [9.17, 15) is 19.6 Å². The first-order valence-electron chi connectivity index (χ1n) is 13.4. The highest BCUT2D eigenvalue weighted by Gasteiger charge is 2.52. The Kier molecular flexibility index (Phi) is 10.1. The monoisotopic (exact) mass is 496 g/mol. The molecule has 0 bridgehead atoms. The molecular weight excluding hydrogens is 456 g/mol. The fourth-order valence-electron chi connectivity index (χ4n) is 5.45. The van der Waals surface area contributed by atoms with Crippen molar-refractivity contribution in [3.05, 3.63) is 35.9 Å². The van der Waals surface area contributed by atoms with Crippen LogP contribution < -0.4 is 5.32 Å². The number of benzene rings is 1. The van der Waals surface area contributed by atoms with Crippen molar-refractivity contribution in [3.8, 4) is 6.07 Å². The minimum Gasteiger partial charge on any atom is -0.334 e. The van der Waals surface area contributed by atoms with E-state index in [2.05, 4.69) is 18.3 Å². The van der Waals surface area contributed by atoms with Crippen LogP contribution in [0.5, 0.6) is 0 Å². The Morgan fingerprint density at radius 2 is 1.83 bits per heavy atom. The van der Waals surface area contributed by atoms with Gasteiger partial charge in [0.05, 0.1) is 19.2 Å². The minimum atomic E-state index is -0.620. The van der Waals surface area contributed by atoms with Gasteiger partial charge >= 0.3 is 6.03 Å². The highest BCUT2D eigenvalue weighted by atomic mass is 16.2. The number of nitriles is 1. The van der Waals surface area contributed by atoms with Crippen LogP contribution in [0.2, 0.25) is 0 Å². The fourth-order valence-corrected chi connectivity index (χ4v) is 5.45. The predicted molar refractivity (Wildman–Crippen MR) is 137 cm³/mol. The van der Waals surface area contributed by atoms with E-state index in [0.717, 1.165) is 44.1 Å². The van der Waals surface area contributed by atoms with Crippen molar-refractivity contribution in [2.45, 2.75) is 90.5 Å². The molecule has 4 rings (SSSR count). The van der Waals surface area contributed by atoms with Gasteiger partial charge in [-0.2, -0.15) is 10.3 Å². The molecule has 0 aromatic heterocycles. The van der Waals surface area contributed by atoms with Crippen molar-refractivity contribution in [2.24, 2.45) is 0 Å². The number of hydrazine groups is 1. The van der Waals surface area contributed by atoms with E-state index in [4.69, 9.17) is 0 Å². The zero-order valence-corrected chi connectivity index (χ0v) is 21.9. The predicted octanol–water partition coefficient (Wildman–Crippen LogP) is 3.48. The molecule has 2 atom stereocenters. The van der Waals surface area contributed by atoms with Crippen molar-refractivity contribution >= 4 is 17.8 Å². The van der Waals surface area contributed by atoms with Crippen LogP contribution in [0.3, 0.4) is 0 Å². The Morgan fingerprint density at radius 1 is 1.14 bits per heavy atom. The number of amides is 4. The number of piperazine rings is 1. The van der Waals surface area contributed by atoms with Crippen LogP contribution in [0.25, 0.3) is 0 Å². The number of nitrogens with zero attached hydrogens (tertiary/aromatic N) is 5. The van der Waals surface area contributed by atoms with Crippen molar-refractivity contribution in [2.75, 3.05) is 19.6 Å². The Hall–Kier alpha value is -3.12. The number of hydrogen-bond acceptors (Lipinski definition) is 5. The number of carbonyl (C=O) groups excluding carboxylic acids is 3. The third-order valence-electron chi connectivity index (χ3n) is 7.12. The molecule has 36 heavy (non-hydrogen) atoms. The summed E-state index contributed by atoms with van der Waals surface area (Å²) in [6, 6.07) is 10.9. The maximum atomic E-state index is 13.6. The maximum Gasteiger partial charge on any atom is 0.334 e. The SMILES string of the molecule is CC.CCCC[C@H]1C(=O)N(C2CCCC2)CC2N1C(=O)CN(CC#N)N2C(=O)NCc1ccccc1. The second-order valence-corrected chi connectivity index (χ2v) is 9.34.